The van der Waals surface area contributed by atoms with Crippen molar-refractivity contribution in [1.82, 2.24) is 9.97 Å². The highest BCUT2D eigenvalue weighted by Crippen LogP contribution is 2.23. The number of carbonyl (C=O) groups excluding carboxylic acids is 1. The summed E-state index contributed by atoms with van der Waals surface area (Å²) < 4.78 is 36.9. The highest BCUT2D eigenvalue weighted by Gasteiger charge is 2.14. The van der Waals surface area contributed by atoms with E-state index in [2.05, 4.69) is 20.6 Å². The van der Waals surface area contributed by atoms with E-state index in [1.54, 1.807) is 13.8 Å². The largest absolute Gasteiger partial charge is 0.476 e. The number of nitrogens with zero attached hydrogens (tertiary/aromatic N) is 2. The van der Waals surface area contributed by atoms with Gasteiger partial charge in [0.05, 0.1) is 25.1 Å². The lowest BCUT2D eigenvalue weighted by Gasteiger charge is -2.12. The molecule has 24 heavy (non-hydrogen) atoms. The molecular weight excluding hydrogens is 322 g/mol. The molecule has 9 heteroatoms. The Morgan fingerprint density at radius 3 is 2.50 bits per heavy atom. The van der Waals surface area contributed by atoms with Crippen LogP contribution in [0, 0.1) is 11.6 Å². The van der Waals surface area contributed by atoms with Crippen LogP contribution in [0.2, 0.25) is 0 Å². The van der Waals surface area contributed by atoms with Crippen molar-refractivity contribution >= 4 is 17.4 Å². The van der Waals surface area contributed by atoms with E-state index in [1.807, 2.05) is 0 Å². The quantitative estimate of drug-likeness (QED) is 0.845. The van der Waals surface area contributed by atoms with Crippen LogP contribution in [-0.2, 0) is 0 Å². The lowest BCUT2D eigenvalue weighted by Crippen LogP contribution is -2.21. The lowest BCUT2D eigenvalue weighted by atomic mass is 10.3. The number of nitrogens with one attached hydrogen (secondary N) is 2. The number of hydrogen-bond donors (Lipinski definition) is 2. The molecule has 0 spiro atoms. The zero-order valence-electron chi connectivity index (χ0n) is 13.1. The minimum atomic E-state index is -0.891. The number of hydrogen-bond acceptors (Lipinski definition) is 5. The van der Waals surface area contributed by atoms with Gasteiger partial charge < -0.3 is 20.1 Å². The Bertz CT molecular complexity index is 728. The molecule has 0 aliphatic carbocycles. The van der Waals surface area contributed by atoms with Crippen molar-refractivity contribution in [2.75, 3.05) is 23.8 Å². The lowest BCUT2D eigenvalue weighted by molar-refractivity contribution is 0.261. The first kappa shape index (κ1) is 17.4. The summed E-state index contributed by atoms with van der Waals surface area (Å²) in [5.74, 6) is -1.51. The molecule has 1 heterocycles. The van der Waals surface area contributed by atoms with Gasteiger partial charge in [-0.25, -0.2) is 18.6 Å². The van der Waals surface area contributed by atoms with Crippen molar-refractivity contribution in [1.29, 1.82) is 0 Å². The number of carbonyl (C=O) groups is 1. The molecule has 0 unspecified atom stereocenters. The molecular formula is C15H16F2N4O3. The zero-order chi connectivity index (χ0) is 17.5. The minimum Gasteiger partial charge on any atom is -0.476 e. The number of halogens is 2. The third kappa shape index (κ3) is 4.51. The van der Waals surface area contributed by atoms with Crippen LogP contribution in [0.15, 0.2) is 24.4 Å². The molecule has 0 radical (unpaired) electrons. The number of urea groups is 1. The van der Waals surface area contributed by atoms with Gasteiger partial charge in [-0.1, -0.05) is 0 Å². The second-order valence-corrected chi connectivity index (χ2v) is 4.44. The maximum absolute atomic E-state index is 13.5. The summed E-state index contributed by atoms with van der Waals surface area (Å²) in [6.07, 6.45) is 1.31. The number of benzene rings is 1. The molecule has 0 aliphatic rings. The molecule has 1 aromatic carbocycles. The van der Waals surface area contributed by atoms with Crippen LogP contribution in [0.1, 0.15) is 13.8 Å². The fraction of sp³-hybridized carbons (Fsp3) is 0.267. The molecule has 0 saturated carbocycles. The van der Waals surface area contributed by atoms with Gasteiger partial charge in [0.25, 0.3) is 0 Å². The van der Waals surface area contributed by atoms with E-state index in [4.69, 9.17) is 9.47 Å². The summed E-state index contributed by atoms with van der Waals surface area (Å²) in [6.45, 7) is 4.22. The molecule has 0 bridgehead atoms. The fourth-order valence-electron chi connectivity index (χ4n) is 1.75. The first-order chi connectivity index (χ1) is 11.5. The molecule has 0 saturated heterocycles. The van der Waals surface area contributed by atoms with Crippen LogP contribution in [0.3, 0.4) is 0 Å². The van der Waals surface area contributed by atoms with Gasteiger partial charge in [0.1, 0.15) is 17.3 Å². The van der Waals surface area contributed by atoms with Gasteiger partial charge in [0.2, 0.25) is 5.88 Å². The summed E-state index contributed by atoms with van der Waals surface area (Å²) in [6, 6.07) is 2.17. The SMILES string of the molecule is CCOc1ncc(NC(=O)Nc2ccc(F)cc2F)c(OCC)n1. The predicted octanol–water partition coefficient (Wildman–Crippen LogP) is 3.20. The van der Waals surface area contributed by atoms with E-state index in [0.29, 0.717) is 19.3 Å². The van der Waals surface area contributed by atoms with E-state index >= 15 is 0 Å². The number of anilines is 2. The van der Waals surface area contributed by atoms with Crippen LogP contribution >= 0.6 is 0 Å². The Morgan fingerprint density at radius 1 is 1.12 bits per heavy atom. The normalized spacial score (nSPS) is 10.2. The Labute approximate surface area is 137 Å². The average molecular weight is 338 g/mol. The van der Waals surface area contributed by atoms with Crippen molar-refractivity contribution in [3.8, 4) is 11.9 Å². The van der Waals surface area contributed by atoms with E-state index in [-0.39, 0.29) is 23.3 Å². The summed E-state index contributed by atoms with van der Waals surface area (Å²) in [4.78, 5) is 19.9. The monoisotopic (exact) mass is 338 g/mol. The standard InChI is InChI=1S/C15H16F2N4O3/c1-3-23-13-12(8-18-15(21-13)24-4-2)20-14(22)19-11-6-5-9(16)7-10(11)17/h5-8H,3-4H2,1-2H3,(H2,19,20,22). The number of rotatable bonds is 6. The Balaban J connectivity index is 2.12. The van der Waals surface area contributed by atoms with Gasteiger partial charge in [0, 0.05) is 6.07 Å². The summed E-state index contributed by atoms with van der Waals surface area (Å²) in [7, 11) is 0. The number of amides is 2. The molecule has 1 aromatic heterocycles. The second-order valence-electron chi connectivity index (χ2n) is 4.44. The van der Waals surface area contributed by atoms with Crippen LogP contribution in [0.5, 0.6) is 11.9 Å². The van der Waals surface area contributed by atoms with Crippen molar-refractivity contribution in [3.63, 3.8) is 0 Å². The van der Waals surface area contributed by atoms with Crippen molar-refractivity contribution < 1.29 is 23.0 Å². The Morgan fingerprint density at radius 2 is 1.83 bits per heavy atom. The third-order valence-electron chi connectivity index (χ3n) is 2.71. The molecule has 2 aromatic rings. The summed E-state index contributed by atoms with van der Waals surface area (Å²) >= 11 is 0. The van der Waals surface area contributed by atoms with Gasteiger partial charge in [-0.05, 0) is 26.0 Å². The second kappa shape index (κ2) is 8.04. The average Bonchev–Trinajstić information content (AvgIpc) is 2.53. The molecule has 128 valence electrons. The maximum atomic E-state index is 13.5. The molecule has 0 atom stereocenters. The Hall–Kier alpha value is -2.97. The van der Waals surface area contributed by atoms with E-state index in [9.17, 15) is 13.6 Å². The van der Waals surface area contributed by atoms with Gasteiger partial charge in [0.15, 0.2) is 0 Å². The minimum absolute atomic E-state index is 0.108. The zero-order valence-corrected chi connectivity index (χ0v) is 13.1. The van der Waals surface area contributed by atoms with Gasteiger partial charge in [-0.2, -0.15) is 4.98 Å². The smallest absolute Gasteiger partial charge is 0.323 e. The molecule has 0 aliphatic heterocycles. The van der Waals surface area contributed by atoms with Crippen LogP contribution < -0.4 is 20.1 Å². The van der Waals surface area contributed by atoms with E-state index < -0.39 is 17.7 Å². The molecule has 2 rings (SSSR count). The van der Waals surface area contributed by atoms with Gasteiger partial charge in [-0.15, -0.1) is 0 Å². The van der Waals surface area contributed by atoms with Gasteiger partial charge in [-0.3, -0.25) is 0 Å². The number of ether oxygens (including phenoxy) is 2. The molecule has 2 amide bonds. The fourth-order valence-corrected chi connectivity index (χ4v) is 1.75. The molecule has 7 nitrogen and oxygen atoms in total. The van der Waals surface area contributed by atoms with Crippen molar-refractivity contribution in [2.24, 2.45) is 0 Å². The predicted molar refractivity (Wildman–Crippen MR) is 83.4 cm³/mol. The van der Waals surface area contributed by atoms with E-state index in [0.717, 1.165) is 12.1 Å². The maximum Gasteiger partial charge on any atom is 0.323 e. The molecule has 2 N–H and O–H groups in total. The van der Waals surface area contributed by atoms with Crippen LogP contribution in [-0.4, -0.2) is 29.2 Å². The number of aromatic nitrogens is 2. The van der Waals surface area contributed by atoms with Crippen molar-refractivity contribution in [3.05, 3.63) is 36.0 Å². The van der Waals surface area contributed by atoms with Crippen molar-refractivity contribution in [2.45, 2.75) is 13.8 Å². The first-order valence-electron chi connectivity index (χ1n) is 7.19. The van der Waals surface area contributed by atoms with E-state index in [1.165, 1.54) is 6.20 Å². The third-order valence-corrected chi connectivity index (χ3v) is 2.71. The van der Waals surface area contributed by atoms with Crippen LogP contribution in [0.4, 0.5) is 25.0 Å². The topological polar surface area (TPSA) is 85.4 Å². The highest BCUT2D eigenvalue weighted by molar-refractivity contribution is 6.00. The first-order valence-corrected chi connectivity index (χ1v) is 7.19. The highest BCUT2D eigenvalue weighted by atomic mass is 19.1. The molecule has 0 fully saturated rings. The van der Waals surface area contributed by atoms with Crippen LogP contribution in [0.25, 0.3) is 0 Å². The summed E-state index contributed by atoms with van der Waals surface area (Å²) in [5.41, 5.74) is 0.0130. The Kier molecular flexibility index (Phi) is 5.83. The van der Waals surface area contributed by atoms with Gasteiger partial charge >= 0.3 is 12.0 Å². The summed E-state index contributed by atoms with van der Waals surface area (Å²) in [5, 5.41) is 4.70.